The maximum atomic E-state index is 12.4. The van der Waals surface area contributed by atoms with Crippen LogP contribution in [0.15, 0.2) is 24.3 Å². The zero-order valence-electron chi connectivity index (χ0n) is 12.2. The maximum absolute atomic E-state index is 12.4. The van der Waals surface area contributed by atoms with Crippen LogP contribution >= 0.6 is 0 Å². The summed E-state index contributed by atoms with van der Waals surface area (Å²) in [4.78, 5) is 0. The third kappa shape index (κ3) is 4.86. The first kappa shape index (κ1) is 17.1. The molecule has 6 heteroatoms. The zero-order chi connectivity index (χ0) is 15.0. The Morgan fingerprint density at radius 1 is 1.20 bits per heavy atom. The Bertz CT molecular complexity index is 503. The highest BCUT2D eigenvalue weighted by molar-refractivity contribution is 7.88. The van der Waals surface area contributed by atoms with E-state index in [2.05, 4.69) is 0 Å². The second-order valence-corrected chi connectivity index (χ2v) is 6.39. The van der Waals surface area contributed by atoms with Gasteiger partial charge in [-0.15, -0.1) is 0 Å². The molecule has 5 nitrogen and oxygen atoms in total. The summed E-state index contributed by atoms with van der Waals surface area (Å²) in [6, 6.07) is 7.38. The van der Waals surface area contributed by atoms with E-state index in [0.29, 0.717) is 32.8 Å². The van der Waals surface area contributed by atoms with E-state index in [1.54, 1.807) is 0 Å². The van der Waals surface area contributed by atoms with Crippen molar-refractivity contribution in [2.24, 2.45) is 5.73 Å². The van der Waals surface area contributed by atoms with E-state index in [9.17, 15) is 8.42 Å². The fourth-order valence-electron chi connectivity index (χ4n) is 1.99. The van der Waals surface area contributed by atoms with Gasteiger partial charge in [0.25, 0.3) is 0 Å². The Hall–Kier alpha value is -0.950. The Kier molecular flexibility index (Phi) is 7.15. The summed E-state index contributed by atoms with van der Waals surface area (Å²) in [6.07, 6.45) is 0. The molecule has 0 atom stereocenters. The van der Waals surface area contributed by atoms with Gasteiger partial charge in [0.2, 0.25) is 10.0 Å². The van der Waals surface area contributed by atoms with Gasteiger partial charge in [-0.25, -0.2) is 8.42 Å². The second-order valence-electron chi connectivity index (χ2n) is 4.42. The van der Waals surface area contributed by atoms with Crippen molar-refractivity contribution in [1.29, 1.82) is 0 Å². The molecule has 0 aliphatic carbocycles. The number of ether oxygens (including phenoxy) is 1. The van der Waals surface area contributed by atoms with Crippen LogP contribution in [0.4, 0.5) is 0 Å². The predicted molar refractivity (Wildman–Crippen MR) is 80.7 cm³/mol. The third-order valence-corrected chi connectivity index (χ3v) is 5.01. The van der Waals surface area contributed by atoms with Crippen molar-refractivity contribution in [1.82, 2.24) is 4.31 Å². The van der Waals surface area contributed by atoms with Crippen LogP contribution in [0, 0.1) is 0 Å². The molecule has 1 rings (SSSR count). The molecule has 1 aromatic carbocycles. The quantitative estimate of drug-likeness (QED) is 0.698. The molecule has 20 heavy (non-hydrogen) atoms. The van der Waals surface area contributed by atoms with Crippen LogP contribution in [-0.4, -0.2) is 39.0 Å². The number of benzene rings is 1. The van der Waals surface area contributed by atoms with E-state index in [4.69, 9.17) is 10.5 Å². The average molecular weight is 300 g/mol. The molecular weight excluding hydrogens is 276 g/mol. The van der Waals surface area contributed by atoms with Gasteiger partial charge in [-0.3, -0.25) is 0 Å². The van der Waals surface area contributed by atoms with Gasteiger partial charge in [-0.2, -0.15) is 4.31 Å². The number of nitrogens with zero attached hydrogens (tertiary/aromatic N) is 1. The molecule has 0 radical (unpaired) electrons. The van der Waals surface area contributed by atoms with Crippen molar-refractivity contribution < 1.29 is 13.2 Å². The van der Waals surface area contributed by atoms with Crippen molar-refractivity contribution in [3.63, 3.8) is 0 Å². The highest BCUT2D eigenvalue weighted by Gasteiger charge is 2.21. The summed E-state index contributed by atoms with van der Waals surface area (Å²) in [5, 5.41) is 0. The average Bonchev–Trinajstić information content (AvgIpc) is 2.43. The molecule has 0 saturated carbocycles. The lowest BCUT2D eigenvalue weighted by Crippen LogP contribution is -2.35. The van der Waals surface area contributed by atoms with E-state index < -0.39 is 10.0 Å². The SMILES string of the molecule is CCOCCN(CC)S(=O)(=O)Cc1ccccc1CN. The van der Waals surface area contributed by atoms with Gasteiger partial charge in [-0.05, 0) is 18.1 Å². The van der Waals surface area contributed by atoms with Crippen LogP contribution in [0.2, 0.25) is 0 Å². The number of rotatable bonds is 9. The van der Waals surface area contributed by atoms with Gasteiger partial charge in [-0.1, -0.05) is 31.2 Å². The van der Waals surface area contributed by atoms with Crippen molar-refractivity contribution in [3.8, 4) is 0 Å². The largest absolute Gasteiger partial charge is 0.380 e. The van der Waals surface area contributed by atoms with Gasteiger partial charge < -0.3 is 10.5 Å². The first-order chi connectivity index (χ1) is 9.55. The highest BCUT2D eigenvalue weighted by atomic mass is 32.2. The van der Waals surface area contributed by atoms with Gasteiger partial charge in [0, 0.05) is 26.2 Å². The lowest BCUT2D eigenvalue weighted by molar-refractivity contribution is 0.135. The minimum absolute atomic E-state index is 0.0136. The van der Waals surface area contributed by atoms with Crippen LogP contribution in [0.25, 0.3) is 0 Å². The Morgan fingerprint density at radius 2 is 1.85 bits per heavy atom. The zero-order valence-corrected chi connectivity index (χ0v) is 13.0. The molecule has 2 N–H and O–H groups in total. The topological polar surface area (TPSA) is 72.6 Å². The molecule has 0 unspecified atom stereocenters. The van der Waals surface area contributed by atoms with E-state index >= 15 is 0 Å². The summed E-state index contributed by atoms with van der Waals surface area (Å²) >= 11 is 0. The van der Waals surface area contributed by atoms with Gasteiger partial charge >= 0.3 is 0 Å². The highest BCUT2D eigenvalue weighted by Crippen LogP contribution is 2.15. The molecule has 0 amide bonds. The molecule has 0 fully saturated rings. The van der Waals surface area contributed by atoms with Gasteiger partial charge in [0.05, 0.1) is 12.4 Å². The van der Waals surface area contributed by atoms with Crippen molar-refractivity contribution >= 4 is 10.0 Å². The van der Waals surface area contributed by atoms with E-state index in [0.717, 1.165) is 11.1 Å². The smallest absolute Gasteiger partial charge is 0.218 e. The van der Waals surface area contributed by atoms with Crippen LogP contribution in [-0.2, 0) is 27.1 Å². The Morgan fingerprint density at radius 3 is 2.40 bits per heavy atom. The molecule has 114 valence electrons. The van der Waals surface area contributed by atoms with Crippen LogP contribution in [0.1, 0.15) is 25.0 Å². The molecule has 0 aliphatic heterocycles. The molecule has 0 bridgehead atoms. The van der Waals surface area contributed by atoms with Gasteiger partial charge in [0.1, 0.15) is 0 Å². The maximum Gasteiger partial charge on any atom is 0.218 e. The molecule has 0 spiro atoms. The molecule has 0 aromatic heterocycles. The number of hydrogen-bond acceptors (Lipinski definition) is 4. The van der Waals surface area contributed by atoms with E-state index in [1.165, 1.54) is 4.31 Å². The van der Waals surface area contributed by atoms with Crippen molar-refractivity contribution in [2.75, 3.05) is 26.3 Å². The summed E-state index contributed by atoms with van der Waals surface area (Å²) in [6.45, 7) is 5.91. The van der Waals surface area contributed by atoms with Crippen molar-refractivity contribution in [2.45, 2.75) is 26.1 Å². The van der Waals surface area contributed by atoms with E-state index in [-0.39, 0.29) is 5.75 Å². The molecule has 0 aliphatic rings. The fraction of sp³-hybridized carbons (Fsp3) is 0.571. The van der Waals surface area contributed by atoms with Crippen LogP contribution in [0.3, 0.4) is 0 Å². The normalized spacial score (nSPS) is 12.0. The van der Waals surface area contributed by atoms with Crippen LogP contribution in [0.5, 0.6) is 0 Å². The second kappa shape index (κ2) is 8.36. The summed E-state index contributed by atoms with van der Waals surface area (Å²) in [5.41, 5.74) is 7.29. The number of nitrogens with two attached hydrogens (primary N) is 1. The summed E-state index contributed by atoms with van der Waals surface area (Å²) in [5.74, 6) is -0.0136. The summed E-state index contributed by atoms with van der Waals surface area (Å²) in [7, 11) is -3.34. The summed E-state index contributed by atoms with van der Waals surface area (Å²) < 4.78 is 31.5. The predicted octanol–water partition coefficient (Wildman–Crippen LogP) is 1.33. The van der Waals surface area contributed by atoms with Crippen molar-refractivity contribution in [3.05, 3.63) is 35.4 Å². The molecule has 1 aromatic rings. The fourth-order valence-corrected chi connectivity index (χ4v) is 3.59. The van der Waals surface area contributed by atoms with E-state index in [1.807, 2.05) is 38.1 Å². The molecular formula is C14H24N2O3S. The standard InChI is InChI=1S/C14H24N2O3S/c1-3-16(9-10-19-4-2)20(17,18)12-14-8-6-5-7-13(14)11-15/h5-8H,3-4,9-12,15H2,1-2H3. The number of sulfonamides is 1. The lowest BCUT2D eigenvalue weighted by atomic mass is 10.1. The lowest BCUT2D eigenvalue weighted by Gasteiger charge is -2.21. The molecule has 0 heterocycles. The minimum Gasteiger partial charge on any atom is -0.380 e. The third-order valence-electron chi connectivity index (χ3n) is 3.11. The Balaban J connectivity index is 2.81. The molecule has 0 saturated heterocycles. The number of hydrogen-bond donors (Lipinski definition) is 1. The Labute approximate surface area is 121 Å². The first-order valence-corrected chi connectivity index (χ1v) is 8.48. The van der Waals surface area contributed by atoms with Crippen LogP contribution < -0.4 is 5.73 Å². The first-order valence-electron chi connectivity index (χ1n) is 6.87. The minimum atomic E-state index is -3.34. The number of likely N-dealkylation sites (N-methyl/N-ethyl adjacent to an activating group) is 1. The van der Waals surface area contributed by atoms with Gasteiger partial charge in [0.15, 0.2) is 0 Å². The monoisotopic (exact) mass is 300 g/mol.